The zero-order valence-electron chi connectivity index (χ0n) is 18.7. The Labute approximate surface area is 201 Å². The van der Waals surface area contributed by atoms with Crippen LogP contribution in [0.15, 0.2) is 133 Å². The van der Waals surface area contributed by atoms with Crippen LogP contribution in [0.25, 0.3) is 22.3 Å². The van der Waals surface area contributed by atoms with Gasteiger partial charge in [-0.25, -0.2) is 0 Å². The summed E-state index contributed by atoms with van der Waals surface area (Å²) in [6, 6.07) is 45.5. The van der Waals surface area contributed by atoms with E-state index in [0.29, 0.717) is 0 Å². The van der Waals surface area contributed by atoms with E-state index in [4.69, 9.17) is 0 Å². The summed E-state index contributed by atoms with van der Waals surface area (Å²) in [4.78, 5) is 0. The van der Waals surface area contributed by atoms with Gasteiger partial charge in [-0.05, 0) is 70.8 Å². The molecule has 0 aliphatic heterocycles. The van der Waals surface area contributed by atoms with Crippen LogP contribution in [-0.2, 0) is 0 Å². The number of hydrogen-bond acceptors (Lipinski definition) is 0. The monoisotopic (exact) mass is 430 g/mol. The maximum absolute atomic E-state index is 3.28. The molecule has 0 saturated carbocycles. The van der Waals surface area contributed by atoms with Gasteiger partial charge < -0.3 is 0 Å². The molecule has 0 nitrogen and oxygen atoms in total. The third kappa shape index (κ3) is 5.34. The van der Waals surface area contributed by atoms with Gasteiger partial charge in [0, 0.05) is 22.3 Å². The van der Waals surface area contributed by atoms with Crippen LogP contribution in [-0.4, -0.2) is 0 Å². The summed E-state index contributed by atoms with van der Waals surface area (Å²) in [6.07, 6.45) is 0. The highest BCUT2D eigenvalue weighted by molar-refractivity contribution is 5.66. The normalized spacial score (nSPS) is 9.88. The van der Waals surface area contributed by atoms with E-state index in [1.54, 1.807) is 0 Å². The first-order valence-electron chi connectivity index (χ1n) is 11.3. The van der Waals surface area contributed by atoms with Gasteiger partial charge in [0.1, 0.15) is 0 Å². The number of hydrogen-bond donors (Lipinski definition) is 0. The Kier molecular flexibility index (Phi) is 6.34. The quantitative estimate of drug-likeness (QED) is 0.250. The van der Waals surface area contributed by atoms with Gasteiger partial charge in [0.2, 0.25) is 0 Å². The van der Waals surface area contributed by atoms with Gasteiger partial charge in [0.15, 0.2) is 0 Å². The predicted molar refractivity (Wildman–Crippen MR) is 142 cm³/mol. The minimum Gasteiger partial charge on any atom is -0.0622 e. The molecule has 0 radical (unpaired) electrons. The third-order valence-electron chi connectivity index (χ3n) is 5.53. The van der Waals surface area contributed by atoms with E-state index in [1.807, 2.05) is 48.5 Å². The SMILES string of the molecule is C(#Cc1cccc(-c2ccccc2)c1)c1ccc(C#Cc2cccc(-c3ccccc3)c2)cc1. The number of benzene rings is 5. The molecule has 0 N–H and O–H groups in total. The highest BCUT2D eigenvalue weighted by Crippen LogP contribution is 2.20. The molecule has 0 saturated heterocycles. The molecule has 5 rings (SSSR count). The van der Waals surface area contributed by atoms with Crippen molar-refractivity contribution in [2.45, 2.75) is 0 Å². The van der Waals surface area contributed by atoms with Crippen molar-refractivity contribution in [1.82, 2.24) is 0 Å². The third-order valence-corrected chi connectivity index (χ3v) is 5.53. The molecule has 0 fully saturated rings. The van der Waals surface area contributed by atoms with E-state index >= 15 is 0 Å². The highest BCUT2D eigenvalue weighted by atomic mass is 14.0. The summed E-state index contributed by atoms with van der Waals surface area (Å²) in [5, 5.41) is 0. The minimum atomic E-state index is 0.974. The largest absolute Gasteiger partial charge is 0.0622 e. The Balaban J connectivity index is 1.30. The molecule has 0 atom stereocenters. The molecule has 0 aromatic heterocycles. The highest BCUT2D eigenvalue weighted by Gasteiger charge is 1.98. The Morgan fingerprint density at radius 2 is 0.618 bits per heavy atom. The maximum atomic E-state index is 3.28. The fraction of sp³-hybridized carbons (Fsp3) is 0. The van der Waals surface area contributed by atoms with Crippen molar-refractivity contribution in [2.75, 3.05) is 0 Å². The van der Waals surface area contributed by atoms with E-state index < -0.39 is 0 Å². The molecule has 5 aromatic rings. The van der Waals surface area contributed by atoms with E-state index in [9.17, 15) is 0 Å². The summed E-state index contributed by atoms with van der Waals surface area (Å²) in [6.45, 7) is 0. The lowest BCUT2D eigenvalue weighted by Crippen LogP contribution is -1.82. The molecule has 0 aliphatic rings. The van der Waals surface area contributed by atoms with Crippen molar-refractivity contribution in [1.29, 1.82) is 0 Å². The van der Waals surface area contributed by atoms with Crippen molar-refractivity contribution in [3.63, 3.8) is 0 Å². The maximum Gasteiger partial charge on any atom is 0.0255 e. The molecule has 0 spiro atoms. The zero-order valence-corrected chi connectivity index (χ0v) is 18.7. The summed E-state index contributed by atoms with van der Waals surface area (Å²) in [5.41, 5.74) is 8.70. The molecule has 158 valence electrons. The van der Waals surface area contributed by atoms with E-state index in [1.165, 1.54) is 22.3 Å². The van der Waals surface area contributed by atoms with Crippen LogP contribution in [0.3, 0.4) is 0 Å². The van der Waals surface area contributed by atoms with Gasteiger partial charge in [0.25, 0.3) is 0 Å². The van der Waals surface area contributed by atoms with Gasteiger partial charge in [-0.3, -0.25) is 0 Å². The average Bonchev–Trinajstić information content (AvgIpc) is 2.93. The average molecular weight is 431 g/mol. The first-order valence-corrected chi connectivity index (χ1v) is 11.3. The second-order valence-corrected chi connectivity index (χ2v) is 7.97. The molecule has 0 unspecified atom stereocenters. The standard InChI is InChI=1S/C34H22/c1-3-11-31(12-4-1)33-15-7-9-29(25-33)23-21-27-17-19-28(20-18-27)22-24-30-10-8-16-34(26-30)32-13-5-2-6-14-32/h1-20,25-26H. The van der Waals surface area contributed by atoms with Crippen LogP contribution in [0.5, 0.6) is 0 Å². The molecule has 0 heterocycles. The summed E-state index contributed by atoms with van der Waals surface area (Å²) >= 11 is 0. The predicted octanol–water partition coefficient (Wildman–Crippen LogP) is 7.82. The second-order valence-electron chi connectivity index (χ2n) is 7.97. The van der Waals surface area contributed by atoms with Crippen LogP contribution < -0.4 is 0 Å². The van der Waals surface area contributed by atoms with Crippen LogP contribution >= 0.6 is 0 Å². The van der Waals surface area contributed by atoms with Gasteiger partial charge >= 0.3 is 0 Å². The van der Waals surface area contributed by atoms with Crippen molar-refractivity contribution >= 4 is 0 Å². The Bertz CT molecular complexity index is 1400. The van der Waals surface area contributed by atoms with Gasteiger partial charge in [0.05, 0.1) is 0 Å². The first kappa shape index (κ1) is 21.1. The number of rotatable bonds is 2. The molecule has 34 heavy (non-hydrogen) atoms. The Morgan fingerprint density at radius 1 is 0.265 bits per heavy atom. The van der Waals surface area contributed by atoms with Crippen LogP contribution in [0.2, 0.25) is 0 Å². The summed E-state index contributed by atoms with van der Waals surface area (Å²) in [5.74, 6) is 13.1. The fourth-order valence-electron chi connectivity index (χ4n) is 3.74. The molecule has 0 aliphatic carbocycles. The summed E-state index contributed by atoms with van der Waals surface area (Å²) < 4.78 is 0. The van der Waals surface area contributed by atoms with E-state index in [2.05, 4.69) is 109 Å². The van der Waals surface area contributed by atoms with Crippen molar-refractivity contribution in [3.05, 3.63) is 156 Å². The van der Waals surface area contributed by atoms with Gasteiger partial charge in [-0.1, -0.05) is 109 Å². The lowest BCUT2D eigenvalue weighted by atomic mass is 10.0. The lowest BCUT2D eigenvalue weighted by Gasteiger charge is -2.01. The minimum absolute atomic E-state index is 0.974. The molecule has 0 amide bonds. The topological polar surface area (TPSA) is 0 Å². The second kappa shape index (κ2) is 10.2. The Morgan fingerprint density at radius 3 is 1.03 bits per heavy atom. The van der Waals surface area contributed by atoms with Gasteiger partial charge in [-0.15, -0.1) is 0 Å². The molecule has 0 bridgehead atoms. The molecular formula is C34H22. The van der Waals surface area contributed by atoms with Crippen LogP contribution in [0.4, 0.5) is 0 Å². The lowest BCUT2D eigenvalue weighted by molar-refractivity contribution is 1.57. The van der Waals surface area contributed by atoms with Gasteiger partial charge in [-0.2, -0.15) is 0 Å². The van der Waals surface area contributed by atoms with E-state index in [0.717, 1.165) is 22.3 Å². The molecular weight excluding hydrogens is 408 g/mol. The zero-order chi connectivity index (χ0) is 23.0. The Hall–Kier alpha value is -4.78. The van der Waals surface area contributed by atoms with E-state index in [-0.39, 0.29) is 0 Å². The molecule has 0 heteroatoms. The van der Waals surface area contributed by atoms with Crippen LogP contribution in [0, 0.1) is 23.7 Å². The summed E-state index contributed by atoms with van der Waals surface area (Å²) in [7, 11) is 0. The molecule has 5 aromatic carbocycles. The van der Waals surface area contributed by atoms with Crippen molar-refractivity contribution in [3.8, 4) is 45.9 Å². The smallest absolute Gasteiger partial charge is 0.0255 e. The van der Waals surface area contributed by atoms with Crippen molar-refractivity contribution in [2.24, 2.45) is 0 Å². The van der Waals surface area contributed by atoms with Crippen molar-refractivity contribution < 1.29 is 0 Å². The fourth-order valence-corrected chi connectivity index (χ4v) is 3.74. The van der Waals surface area contributed by atoms with Crippen LogP contribution in [0.1, 0.15) is 22.3 Å². The first-order chi connectivity index (χ1) is 16.8.